The zero-order valence-electron chi connectivity index (χ0n) is 33.7. The quantitative estimate of drug-likeness (QED) is 0.0815. The van der Waals surface area contributed by atoms with Crippen molar-refractivity contribution < 1.29 is 19.1 Å². The molecule has 3 amide bonds. The van der Waals surface area contributed by atoms with Crippen molar-refractivity contribution in [3.8, 4) is 0 Å². The Kier molecular flexibility index (Phi) is 14.1. The van der Waals surface area contributed by atoms with Crippen molar-refractivity contribution in [2.75, 3.05) is 38.5 Å². The molecule has 0 aromatic heterocycles. The maximum absolute atomic E-state index is 14.2. The second-order valence-corrected chi connectivity index (χ2v) is 17.1. The summed E-state index contributed by atoms with van der Waals surface area (Å²) in [5.74, 6) is 0.585. The molecule has 0 aliphatic carbocycles. The van der Waals surface area contributed by atoms with Gasteiger partial charge in [0.15, 0.2) is 0 Å². The third-order valence-electron chi connectivity index (χ3n) is 10.5. The number of carbonyl (C=O) groups excluding carboxylic acids is 3. The largest absolute Gasteiger partial charge is 0.444 e. The van der Waals surface area contributed by atoms with Crippen LogP contribution in [0, 0.1) is 0 Å². The second-order valence-electron chi connectivity index (χ2n) is 15.8. The van der Waals surface area contributed by atoms with Crippen molar-refractivity contribution in [3.63, 3.8) is 0 Å². The number of nitrogens with zero attached hydrogens (tertiary/aromatic N) is 2. The SMILES string of the molecule is CC(=O)NCCCC[C@H]1CN(C(=O)c2cccc3ccccc23)CCN1C[C@H](CSC(c1ccccc1)(c1ccccc1)c1ccccc1)NC(=O)OC(C)(C)C. The van der Waals surface area contributed by atoms with Crippen molar-refractivity contribution in [3.05, 3.63) is 156 Å². The first-order chi connectivity index (χ1) is 27.5. The van der Waals surface area contributed by atoms with Crippen LogP contribution in [0.4, 0.5) is 4.79 Å². The van der Waals surface area contributed by atoms with E-state index in [0.29, 0.717) is 44.0 Å². The van der Waals surface area contributed by atoms with Crippen LogP contribution < -0.4 is 10.6 Å². The number of carbonyl (C=O) groups is 3. The van der Waals surface area contributed by atoms with E-state index in [1.807, 2.05) is 98.1 Å². The highest BCUT2D eigenvalue weighted by molar-refractivity contribution is 8.00. The summed E-state index contributed by atoms with van der Waals surface area (Å²) >= 11 is 1.82. The van der Waals surface area contributed by atoms with E-state index in [2.05, 4.69) is 88.3 Å². The Balaban J connectivity index is 1.30. The molecule has 5 aromatic rings. The summed E-state index contributed by atoms with van der Waals surface area (Å²) in [6, 6.07) is 45.5. The standard InChI is InChI=1S/C48H56N4O4S/c1-36(53)49-30-17-16-27-42-34-52(45(54)44-29-18-20-37-19-14-15-28-43(37)44)32-31-51(42)33-41(50-46(55)56-47(2,3)4)35-57-48(38-21-8-5-9-22-38,39-23-10-6-11-24-39)40-25-12-7-13-26-40/h5-15,18-26,28-29,41-42H,16-17,27,30-35H2,1-4H3,(H,49,53)(H,50,55)/t41-,42+/m1/s1. The fraction of sp³-hybridized carbons (Fsp3) is 0.354. The van der Waals surface area contributed by atoms with Crippen LogP contribution in [-0.2, 0) is 14.3 Å². The Bertz CT molecular complexity index is 1970. The van der Waals surface area contributed by atoms with Gasteiger partial charge in [0, 0.05) is 57.0 Å². The van der Waals surface area contributed by atoms with Crippen LogP contribution in [0.5, 0.6) is 0 Å². The maximum atomic E-state index is 14.2. The minimum Gasteiger partial charge on any atom is -0.444 e. The monoisotopic (exact) mass is 784 g/mol. The fourth-order valence-electron chi connectivity index (χ4n) is 7.83. The first-order valence-electron chi connectivity index (χ1n) is 20.1. The topological polar surface area (TPSA) is 91.0 Å². The van der Waals surface area contributed by atoms with Crippen molar-refractivity contribution in [1.82, 2.24) is 20.4 Å². The van der Waals surface area contributed by atoms with Crippen molar-refractivity contribution >= 4 is 40.4 Å². The summed E-state index contributed by atoms with van der Waals surface area (Å²) in [7, 11) is 0. The van der Waals surface area contributed by atoms with E-state index in [0.717, 1.165) is 46.7 Å². The van der Waals surface area contributed by atoms with Crippen LogP contribution in [0.25, 0.3) is 10.8 Å². The molecule has 8 nitrogen and oxygen atoms in total. The Morgan fingerprint density at radius 2 is 1.33 bits per heavy atom. The Morgan fingerprint density at radius 3 is 1.93 bits per heavy atom. The van der Waals surface area contributed by atoms with Gasteiger partial charge in [-0.2, -0.15) is 0 Å². The molecule has 0 bridgehead atoms. The van der Waals surface area contributed by atoms with Gasteiger partial charge in [-0.15, -0.1) is 11.8 Å². The molecule has 0 spiro atoms. The van der Waals surface area contributed by atoms with Gasteiger partial charge in [0.25, 0.3) is 5.91 Å². The molecule has 6 rings (SSSR count). The molecular formula is C48H56N4O4S. The van der Waals surface area contributed by atoms with E-state index in [4.69, 9.17) is 4.74 Å². The van der Waals surface area contributed by atoms with Crippen molar-refractivity contribution in [2.45, 2.75) is 69.4 Å². The highest BCUT2D eigenvalue weighted by atomic mass is 32.2. The van der Waals surface area contributed by atoms with E-state index >= 15 is 0 Å². The van der Waals surface area contributed by atoms with Gasteiger partial charge in [0.1, 0.15) is 5.60 Å². The third kappa shape index (κ3) is 10.8. The second kappa shape index (κ2) is 19.4. The number of benzene rings is 5. The van der Waals surface area contributed by atoms with Crippen molar-refractivity contribution in [1.29, 1.82) is 0 Å². The van der Waals surface area contributed by atoms with Crippen LogP contribution in [0.1, 0.15) is 74.0 Å². The van der Waals surface area contributed by atoms with E-state index in [9.17, 15) is 14.4 Å². The number of piperazine rings is 1. The molecule has 2 atom stereocenters. The van der Waals surface area contributed by atoms with Crippen LogP contribution >= 0.6 is 11.8 Å². The molecule has 2 N–H and O–H groups in total. The number of nitrogens with one attached hydrogen (secondary N) is 2. The van der Waals surface area contributed by atoms with Gasteiger partial charge in [-0.3, -0.25) is 14.5 Å². The molecule has 1 aliphatic heterocycles. The molecule has 0 unspecified atom stereocenters. The first-order valence-corrected chi connectivity index (χ1v) is 21.1. The summed E-state index contributed by atoms with van der Waals surface area (Å²) in [4.78, 5) is 43.8. The lowest BCUT2D eigenvalue weighted by molar-refractivity contribution is -0.118. The molecule has 1 heterocycles. The van der Waals surface area contributed by atoms with Crippen LogP contribution in [0.2, 0.25) is 0 Å². The van der Waals surface area contributed by atoms with Gasteiger partial charge in [0.2, 0.25) is 5.91 Å². The minimum atomic E-state index is -0.659. The van der Waals surface area contributed by atoms with E-state index in [1.165, 1.54) is 6.92 Å². The number of amides is 3. The molecule has 5 aromatic carbocycles. The average Bonchev–Trinajstić information content (AvgIpc) is 3.21. The molecule has 1 aliphatic rings. The van der Waals surface area contributed by atoms with Crippen molar-refractivity contribution in [2.24, 2.45) is 0 Å². The predicted octanol–water partition coefficient (Wildman–Crippen LogP) is 8.89. The molecule has 0 saturated carbocycles. The zero-order chi connectivity index (χ0) is 40.3. The molecule has 57 heavy (non-hydrogen) atoms. The lowest BCUT2D eigenvalue weighted by Crippen LogP contribution is -2.58. The number of hydrogen-bond acceptors (Lipinski definition) is 6. The predicted molar refractivity (Wildman–Crippen MR) is 233 cm³/mol. The summed E-state index contributed by atoms with van der Waals surface area (Å²) in [5, 5.41) is 8.21. The Labute approximate surface area is 342 Å². The average molecular weight is 785 g/mol. The van der Waals surface area contributed by atoms with Gasteiger partial charge >= 0.3 is 6.09 Å². The smallest absolute Gasteiger partial charge is 0.407 e. The van der Waals surface area contributed by atoms with Gasteiger partial charge < -0.3 is 20.3 Å². The lowest BCUT2D eigenvalue weighted by Gasteiger charge is -2.43. The normalized spacial score (nSPS) is 15.5. The highest BCUT2D eigenvalue weighted by Gasteiger charge is 2.39. The summed E-state index contributed by atoms with van der Waals surface area (Å²) in [5.41, 5.74) is 3.52. The Hall–Kier alpha value is -5.12. The molecule has 1 fully saturated rings. The maximum Gasteiger partial charge on any atom is 0.407 e. The number of hydrogen-bond donors (Lipinski definition) is 2. The van der Waals surface area contributed by atoms with E-state index < -0.39 is 16.4 Å². The fourth-order valence-corrected chi connectivity index (χ4v) is 9.38. The van der Waals surface area contributed by atoms with Crippen LogP contribution in [-0.4, -0.2) is 83.9 Å². The number of ether oxygens (including phenoxy) is 1. The number of rotatable bonds is 15. The molecular weight excluding hydrogens is 729 g/mol. The van der Waals surface area contributed by atoms with Gasteiger partial charge in [-0.1, -0.05) is 134 Å². The summed E-state index contributed by atoms with van der Waals surface area (Å²) in [6.07, 6.45) is 2.11. The first kappa shape index (κ1) is 41.5. The van der Waals surface area contributed by atoms with Gasteiger partial charge in [-0.25, -0.2) is 4.79 Å². The van der Waals surface area contributed by atoms with E-state index in [-0.39, 0.29) is 23.9 Å². The zero-order valence-corrected chi connectivity index (χ0v) is 34.5. The number of alkyl carbamates (subject to hydrolysis) is 1. The van der Waals surface area contributed by atoms with Crippen LogP contribution in [0.15, 0.2) is 133 Å². The lowest BCUT2D eigenvalue weighted by atomic mass is 9.84. The number of unbranched alkanes of at least 4 members (excludes halogenated alkanes) is 1. The van der Waals surface area contributed by atoms with Gasteiger partial charge in [0.05, 0.1) is 10.8 Å². The van der Waals surface area contributed by atoms with E-state index in [1.54, 1.807) is 0 Å². The van der Waals surface area contributed by atoms with Crippen LogP contribution in [0.3, 0.4) is 0 Å². The minimum absolute atomic E-state index is 0.0343. The molecule has 298 valence electrons. The molecule has 0 radical (unpaired) electrons. The number of fused-ring (bicyclic) bond motifs is 1. The molecule has 9 heteroatoms. The van der Waals surface area contributed by atoms with Gasteiger partial charge in [-0.05, 0) is 67.1 Å². The highest BCUT2D eigenvalue weighted by Crippen LogP contribution is 2.48. The number of thioether (sulfide) groups is 1. The molecule has 1 saturated heterocycles. The third-order valence-corrected chi connectivity index (χ3v) is 12.2. The Morgan fingerprint density at radius 1 is 0.754 bits per heavy atom. The summed E-state index contributed by atoms with van der Waals surface area (Å²) in [6.45, 7) is 10.2. The summed E-state index contributed by atoms with van der Waals surface area (Å²) < 4.78 is 5.28.